The molecule has 1 aliphatic heterocycles. The molecule has 0 aromatic heterocycles. The van der Waals surface area contributed by atoms with Crippen molar-refractivity contribution in [2.24, 2.45) is 0 Å². The maximum Gasteiger partial charge on any atom is 0.321 e. The molecule has 0 bridgehead atoms. The minimum absolute atomic E-state index is 0.0393. The van der Waals surface area contributed by atoms with E-state index in [9.17, 15) is 4.79 Å². The Bertz CT molecular complexity index is 739. The van der Waals surface area contributed by atoms with Crippen LogP contribution >= 0.6 is 11.6 Å². The standard InChI is InChI=1S/C19H22ClN3O/c1-14-6-5-8-17(15(14)2)21-19(24)23-12-10-22(11-13-23)18-9-4-3-7-16(18)20/h3-9H,10-13H2,1-2H3,(H,21,24). The summed E-state index contributed by atoms with van der Waals surface area (Å²) in [4.78, 5) is 16.6. The number of para-hydroxylation sites is 1. The van der Waals surface area contributed by atoms with Crippen LogP contribution in [0.4, 0.5) is 16.2 Å². The second kappa shape index (κ2) is 7.14. The number of urea groups is 1. The number of benzene rings is 2. The summed E-state index contributed by atoms with van der Waals surface area (Å²) in [6.07, 6.45) is 0. The highest BCUT2D eigenvalue weighted by Crippen LogP contribution is 2.26. The van der Waals surface area contributed by atoms with Crippen LogP contribution in [-0.2, 0) is 0 Å². The van der Waals surface area contributed by atoms with E-state index >= 15 is 0 Å². The zero-order valence-corrected chi connectivity index (χ0v) is 14.8. The van der Waals surface area contributed by atoms with Crippen LogP contribution in [-0.4, -0.2) is 37.1 Å². The first-order valence-corrected chi connectivity index (χ1v) is 8.55. The Labute approximate surface area is 148 Å². The van der Waals surface area contributed by atoms with Crippen molar-refractivity contribution >= 4 is 29.0 Å². The summed E-state index contributed by atoms with van der Waals surface area (Å²) in [5.74, 6) is 0. The van der Waals surface area contributed by atoms with E-state index in [-0.39, 0.29) is 6.03 Å². The minimum Gasteiger partial charge on any atom is -0.367 e. The van der Waals surface area contributed by atoms with E-state index in [1.165, 1.54) is 5.56 Å². The van der Waals surface area contributed by atoms with Gasteiger partial charge in [0.25, 0.3) is 0 Å². The van der Waals surface area contributed by atoms with E-state index in [1.807, 2.05) is 61.2 Å². The largest absolute Gasteiger partial charge is 0.367 e. The van der Waals surface area contributed by atoms with E-state index < -0.39 is 0 Å². The number of carbonyl (C=O) groups excluding carboxylic acids is 1. The Morgan fingerprint density at radius 1 is 1.00 bits per heavy atom. The summed E-state index contributed by atoms with van der Waals surface area (Å²) >= 11 is 6.26. The number of nitrogens with zero attached hydrogens (tertiary/aromatic N) is 2. The number of aryl methyl sites for hydroxylation is 1. The van der Waals surface area contributed by atoms with Crippen LogP contribution in [0.25, 0.3) is 0 Å². The van der Waals surface area contributed by atoms with Gasteiger partial charge in [-0.05, 0) is 43.2 Å². The van der Waals surface area contributed by atoms with Gasteiger partial charge in [0.15, 0.2) is 0 Å². The normalized spacial score (nSPS) is 14.6. The Morgan fingerprint density at radius 2 is 1.71 bits per heavy atom. The lowest BCUT2D eigenvalue weighted by Gasteiger charge is -2.36. The molecule has 1 aliphatic rings. The fourth-order valence-electron chi connectivity index (χ4n) is 2.94. The zero-order chi connectivity index (χ0) is 17.1. The average molecular weight is 344 g/mol. The van der Waals surface area contributed by atoms with Crippen LogP contribution in [0.1, 0.15) is 11.1 Å². The van der Waals surface area contributed by atoms with E-state index in [0.29, 0.717) is 13.1 Å². The molecule has 2 amide bonds. The van der Waals surface area contributed by atoms with Gasteiger partial charge >= 0.3 is 6.03 Å². The summed E-state index contributed by atoms with van der Waals surface area (Å²) < 4.78 is 0. The van der Waals surface area contributed by atoms with Gasteiger partial charge < -0.3 is 15.1 Å². The Balaban J connectivity index is 1.61. The summed E-state index contributed by atoms with van der Waals surface area (Å²) in [6, 6.07) is 13.8. The van der Waals surface area contributed by atoms with Gasteiger partial charge in [0.05, 0.1) is 10.7 Å². The lowest BCUT2D eigenvalue weighted by atomic mass is 10.1. The molecule has 0 atom stereocenters. The van der Waals surface area contributed by atoms with Crippen molar-refractivity contribution in [3.63, 3.8) is 0 Å². The van der Waals surface area contributed by atoms with Gasteiger partial charge in [-0.1, -0.05) is 35.9 Å². The van der Waals surface area contributed by atoms with Gasteiger partial charge in [-0.25, -0.2) is 4.79 Å². The quantitative estimate of drug-likeness (QED) is 0.881. The number of anilines is 2. The first-order valence-electron chi connectivity index (χ1n) is 8.18. The molecule has 126 valence electrons. The third kappa shape index (κ3) is 3.49. The second-order valence-electron chi connectivity index (χ2n) is 6.10. The van der Waals surface area contributed by atoms with Crippen LogP contribution in [0.15, 0.2) is 42.5 Å². The van der Waals surface area contributed by atoms with Crippen LogP contribution in [0, 0.1) is 13.8 Å². The van der Waals surface area contributed by atoms with Gasteiger partial charge in [-0.2, -0.15) is 0 Å². The van der Waals surface area contributed by atoms with E-state index in [0.717, 1.165) is 35.1 Å². The topological polar surface area (TPSA) is 35.6 Å². The minimum atomic E-state index is -0.0393. The maximum atomic E-state index is 12.5. The van der Waals surface area contributed by atoms with Crippen molar-refractivity contribution in [3.8, 4) is 0 Å². The van der Waals surface area contributed by atoms with Crippen LogP contribution in [0.3, 0.4) is 0 Å². The van der Waals surface area contributed by atoms with Gasteiger partial charge in [-0.15, -0.1) is 0 Å². The molecule has 5 heteroatoms. The molecule has 2 aromatic rings. The molecule has 0 unspecified atom stereocenters. The van der Waals surface area contributed by atoms with Crippen molar-refractivity contribution in [1.29, 1.82) is 0 Å². The average Bonchev–Trinajstić information content (AvgIpc) is 2.59. The van der Waals surface area contributed by atoms with E-state index in [4.69, 9.17) is 11.6 Å². The molecule has 1 saturated heterocycles. The molecule has 1 fully saturated rings. The Morgan fingerprint density at radius 3 is 2.42 bits per heavy atom. The molecule has 3 rings (SSSR count). The molecule has 2 aromatic carbocycles. The van der Waals surface area contributed by atoms with Crippen molar-refractivity contribution in [2.45, 2.75) is 13.8 Å². The fourth-order valence-corrected chi connectivity index (χ4v) is 3.19. The number of piperazine rings is 1. The van der Waals surface area contributed by atoms with Crippen LogP contribution in [0.5, 0.6) is 0 Å². The molecule has 0 radical (unpaired) electrons. The molecule has 1 N–H and O–H groups in total. The fraction of sp³-hybridized carbons (Fsp3) is 0.316. The highest BCUT2D eigenvalue weighted by Gasteiger charge is 2.22. The van der Waals surface area contributed by atoms with Gasteiger partial charge in [0.2, 0.25) is 0 Å². The molecule has 4 nitrogen and oxygen atoms in total. The smallest absolute Gasteiger partial charge is 0.321 e. The lowest BCUT2D eigenvalue weighted by Crippen LogP contribution is -2.50. The highest BCUT2D eigenvalue weighted by molar-refractivity contribution is 6.33. The van der Waals surface area contributed by atoms with Crippen molar-refractivity contribution in [1.82, 2.24) is 4.90 Å². The SMILES string of the molecule is Cc1cccc(NC(=O)N2CCN(c3ccccc3Cl)CC2)c1C. The highest BCUT2D eigenvalue weighted by atomic mass is 35.5. The van der Waals surface area contributed by atoms with Gasteiger partial charge in [0.1, 0.15) is 0 Å². The molecular weight excluding hydrogens is 322 g/mol. The molecule has 0 aliphatic carbocycles. The summed E-state index contributed by atoms with van der Waals surface area (Å²) in [6.45, 7) is 7.01. The number of halogens is 1. The zero-order valence-electron chi connectivity index (χ0n) is 14.1. The van der Waals surface area contributed by atoms with Crippen molar-refractivity contribution in [3.05, 3.63) is 58.6 Å². The lowest BCUT2D eigenvalue weighted by molar-refractivity contribution is 0.208. The number of hydrogen-bond donors (Lipinski definition) is 1. The number of carbonyl (C=O) groups is 1. The Hall–Kier alpha value is -2.20. The van der Waals surface area contributed by atoms with Crippen molar-refractivity contribution in [2.75, 3.05) is 36.4 Å². The molecule has 0 saturated carbocycles. The predicted octanol–water partition coefficient (Wildman–Crippen LogP) is 4.31. The first kappa shape index (κ1) is 16.7. The van der Waals surface area contributed by atoms with Gasteiger partial charge in [0, 0.05) is 31.9 Å². The van der Waals surface area contributed by atoms with Gasteiger partial charge in [-0.3, -0.25) is 0 Å². The monoisotopic (exact) mass is 343 g/mol. The first-order chi connectivity index (χ1) is 11.6. The Kier molecular flexibility index (Phi) is 4.95. The third-order valence-electron chi connectivity index (χ3n) is 4.61. The van der Waals surface area contributed by atoms with Crippen LogP contribution in [0.2, 0.25) is 5.02 Å². The molecule has 0 spiro atoms. The van der Waals surface area contributed by atoms with Crippen LogP contribution < -0.4 is 10.2 Å². The third-order valence-corrected chi connectivity index (χ3v) is 4.93. The molecule has 1 heterocycles. The second-order valence-corrected chi connectivity index (χ2v) is 6.51. The predicted molar refractivity (Wildman–Crippen MR) is 100 cm³/mol. The maximum absolute atomic E-state index is 12.5. The number of amides is 2. The summed E-state index contributed by atoms with van der Waals surface area (Å²) in [5.41, 5.74) is 4.21. The van der Waals surface area contributed by atoms with E-state index in [2.05, 4.69) is 10.2 Å². The number of rotatable bonds is 2. The summed E-state index contributed by atoms with van der Waals surface area (Å²) in [5, 5.41) is 3.78. The summed E-state index contributed by atoms with van der Waals surface area (Å²) in [7, 11) is 0. The molecule has 24 heavy (non-hydrogen) atoms. The van der Waals surface area contributed by atoms with Crippen molar-refractivity contribution < 1.29 is 4.79 Å². The van der Waals surface area contributed by atoms with E-state index in [1.54, 1.807) is 0 Å². The number of hydrogen-bond acceptors (Lipinski definition) is 2. The molecular formula is C19H22ClN3O. The number of nitrogens with one attached hydrogen (secondary N) is 1.